The molecular formula is C11H19N3O6. The number of aliphatic hydroxyl groups excluding tert-OH is 3. The molecule has 9 heteroatoms. The van der Waals surface area contributed by atoms with E-state index in [0.717, 1.165) is 5.69 Å². The highest BCUT2D eigenvalue weighted by atomic mass is 16.4. The van der Waals surface area contributed by atoms with Crippen LogP contribution in [0.4, 0.5) is 0 Å². The number of aliphatic hydroxyl groups is 3. The van der Waals surface area contributed by atoms with Crippen molar-refractivity contribution in [1.29, 1.82) is 0 Å². The van der Waals surface area contributed by atoms with Gasteiger partial charge in [-0.3, -0.25) is 4.79 Å². The van der Waals surface area contributed by atoms with Crippen LogP contribution in [0.15, 0.2) is 12.5 Å². The monoisotopic (exact) mass is 289 g/mol. The normalized spacial score (nSPS) is 14.6. The van der Waals surface area contributed by atoms with Crippen LogP contribution in [0.1, 0.15) is 12.1 Å². The highest BCUT2D eigenvalue weighted by Crippen LogP contribution is 1.95. The zero-order valence-corrected chi connectivity index (χ0v) is 10.7. The number of rotatable bonds is 7. The van der Waals surface area contributed by atoms with Crippen molar-refractivity contribution in [2.45, 2.75) is 31.1 Å². The maximum absolute atomic E-state index is 10.3. The van der Waals surface area contributed by atoms with E-state index in [0.29, 0.717) is 6.29 Å². The largest absolute Gasteiger partial charge is 0.480 e. The van der Waals surface area contributed by atoms with Gasteiger partial charge in [-0.1, -0.05) is 0 Å². The van der Waals surface area contributed by atoms with Gasteiger partial charge in [0.05, 0.1) is 19.0 Å². The zero-order valence-electron chi connectivity index (χ0n) is 10.7. The van der Waals surface area contributed by atoms with E-state index in [1.165, 1.54) is 6.33 Å². The average Bonchev–Trinajstić information content (AvgIpc) is 2.91. The number of carbonyl (C=O) groups is 2. The third-order valence-corrected chi connectivity index (χ3v) is 2.28. The van der Waals surface area contributed by atoms with E-state index in [-0.39, 0.29) is 12.8 Å². The molecule has 0 radical (unpaired) electrons. The molecule has 0 saturated heterocycles. The Hall–Kier alpha value is -1.81. The van der Waals surface area contributed by atoms with E-state index in [4.69, 9.17) is 26.2 Å². The van der Waals surface area contributed by atoms with Gasteiger partial charge in [0.2, 0.25) is 0 Å². The predicted octanol–water partition coefficient (Wildman–Crippen LogP) is -2.35. The second-order valence-electron chi connectivity index (χ2n) is 3.95. The number of carboxylic acids is 1. The van der Waals surface area contributed by atoms with E-state index in [1.807, 2.05) is 0 Å². The molecule has 20 heavy (non-hydrogen) atoms. The topological polar surface area (TPSA) is 170 Å². The first-order valence-corrected chi connectivity index (χ1v) is 5.78. The fourth-order valence-electron chi connectivity index (χ4n) is 1.10. The number of nitrogens with one attached hydrogen (secondary N) is 1. The number of aldehydes is 1. The molecule has 0 aliphatic rings. The maximum atomic E-state index is 10.3. The number of aromatic nitrogens is 2. The number of nitrogens with zero attached hydrogens (tertiary/aromatic N) is 1. The van der Waals surface area contributed by atoms with Gasteiger partial charge < -0.3 is 35.9 Å². The lowest BCUT2D eigenvalue weighted by atomic mass is 10.2. The first-order valence-electron chi connectivity index (χ1n) is 5.78. The summed E-state index contributed by atoms with van der Waals surface area (Å²) in [5.41, 5.74) is 6.00. The number of aromatic amines is 1. The molecule has 114 valence electrons. The molecule has 3 unspecified atom stereocenters. The van der Waals surface area contributed by atoms with Crippen LogP contribution in [0, 0.1) is 0 Å². The Morgan fingerprint density at radius 1 is 1.45 bits per heavy atom. The highest BCUT2D eigenvalue weighted by molar-refractivity contribution is 5.73. The van der Waals surface area contributed by atoms with Gasteiger partial charge >= 0.3 is 5.97 Å². The maximum Gasteiger partial charge on any atom is 0.320 e. The van der Waals surface area contributed by atoms with Crippen molar-refractivity contribution in [3.8, 4) is 0 Å². The van der Waals surface area contributed by atoms with Crippen molar-refractivity contribution in [3.63, 3.8) is 0 Å². The predicted molar refractivity (Wildman–Crippen MR) is 67.7 cm³/mol. The van der Waals surface area contributed by atoms with Crippen LogP contribution in [0.2, 0.25) is 0 Å². The first kappa shape index (κ1) is 18.2. The van der Waals surface area contributed by atoms with Crippen molar-refractivity contribution in [3.05, 3.63) is 18.2 Å². The van der Waals surface area contributed by atoms with Crippen LogP contribution >= 0.6 is 0 Å². The van der Waals surface area contributed by atoms with Crippen LogP contribution < -0.4 is 5.73 Å². The summed E-state index contributed by atoms with van der Waals surface area (Å²) in [7, 11) is 0. The summed E-state index contributed by atoms with van der Waals surface area (Å²) < 4.78 is 0. The number of hydrogen-bond acceptors (Lipinski definition) is 7. The van der Waals surface area contributed by atoms with E-state index < -0.39 is 30.8 Å². The Bertz CT molecular complexity index is 384. The number of hydrogen-bond donors (Lipinski definition) is 6. The molecule has 1 aromatic rings. The fraction of sp³-hybridized carbons (Fsp3) is 0.545. The Balaban J connectivity index is 0.000000370. The second kappa shape index (κ2) is 10.0. The molecule has 0 spiro atoms. The third-order valence-electron chi connectivity index (χ3n) is 2.28. The Labute approximate surface area is 115 Å². The molecule has 7 N–H and O–H groups in total. The molecule has 0 aliphatic carbocycles. The molecule has 1 rings (SSSR count). The van der Waals surface area contributed by atoms with Crippen LogP contribution in [0.3, 0.4) is 0 Å². The van der Waals surface area contributed by atoms with Crippen LogP contribution in [-0.2, 0) is 16.0 Å². The van der Waals surface area contributed by atoms with Gasteiger partial charge in [0, 0.05) is 24.7 Å². The van der Waals surface area contributed by atoms with Gasteiger partial charge in [-0.2, -0.15) is 0 Å². The van der Waals surface area contributed by atoms with Gasteiger partial charge in [-0.05, 0) is 0 Å². The number of H-pyrrole nitrogens is 1. The summed E-state index contributed by atoms with van der Waals surface area (Å²) in [6.45, 7) is -0.519. The highest BCUT2D eigenvalue weighted by Gasteiger charge is 2.13. The third kappa shape index (κ3) is 7.59. The average molecular weight is 289 g/mol. The van der Waals surface area contributed by atoms with Crippen molar-refractivity contribution in [2.24, 2.45) is 5.73 Å². The molecule has 1 heterocycles. The molecule has 3 atom stereocenters. The molecule has 0 bridgehead atoms. The molecule has 9 nitrogen and oxygen atoms in total. The molecule has 1 aromatic heterocycles. The lowest BCUT2D eigenvalue weighted by molar-refractivity contribution is -0.138. The summed E-state index contributed by atoms with van der Waals surface area (Å²) in [5.74, 6) is -1.00. The first-order chi connectivity index (χ1) is 9.42. The van der Waals surface area contributed by atoms with Gasteiger partial charge in [0.15, 0.2) is 0 Å². The molecular weight excluding hydrogens is 270 g/mol. The minimum absolute atomic E-state index is 0.137. The minimum Gasteiger partial charge on any atom is -0.480 e. The lowest BCUT2D eigenvalue weighted by Gasteiger charge is -2.11. The summed E-state index contributed by atoms with van der Waals surface area (Å²) in [6, 6.07) is -0.851. The molecule has 0 aliphatic heterocycles. The van der Waals surface area contributed by atoms with E-state index in [1.54, 1.807) is 6.20 Å². The van der Waals surface area contributed by atoms with Gasteiger partial charge in [-0.25, -0.2) is 4.98 Å². The zero-order chi connectivity index (χ0) is 15.5. The molecule has 0 amide bonds. The standard InChI is InChI=1S/C6H9N3O2.C5H10O4/c7-5(6(10)11)1-4-2-8-3-9-4;6-2-1-4(8)5(9)3-7/h2-3,5H,1,7H2,(H,8,9)(H,10,11);2,4-5,7-9H,1,3H2. The summed E-state index contributed by atoms with van der Waals surface area (Å²) in [4.78, 5) is 26.4. The second-order valence-corrected chi connectivity index (χ2v) is 3.95. The lowest BCUT2D eigenvalue weighted by Crippen LogP contribution is -2.32. The van der Waals surface area contributed by atoms with Gasteiger partial charge in [0.25, 0.3) is 0 Å². The van der Waals surface area contributed by atoms with Crippen LogP contribution in [-0.4, -0.2) is 67.5 Å². The Morgan fingerprint density at radius 3 is 2.50 bits per heavy atom. The molecule has 0 fully saturated rings. The quantitative estimate of drug-likeness (QED) is 0.303. The number of nitrogens with two attached hydrogens (primary N) is 1. The SMILES string of the molecule is NC(Cc1cnc[nH]1)C(=O)O.O=CCC(O)C(O)CO. The smallest absolute Gasteiger partial charge is 0.320 e. The van der Waals surface area contributed by atoms with Crippen molar-refractivity contribution in [2.75, 3.05) is 6.61 Å². The summed E-state index contributed by atoms with van der Waals surface area (Å²) >= 11 is 0. The number of carbonyl (C=O) groups excluding carboxylic acids is 1. The minimum atomic E-state index is -1.20. The number of carboxylic acid groups (broad SMARTS) is 1. The fourth-order valence-corrected chi connectivity index (χ4v) is 1.10. The van der Waals surface area contributed by atoms with Crippen LogP contribution in [0.25, 0.3) is 0 Å². The van der Waals surface area contributed by atoms with Gasteiger partial charge in [-0.15, -0.1) is 0 Å². The van der Waals surface area contributed by atoms with Crippen LogP contribution in [0.5, 0.6) is 0 Å². The molecule has 0 aromatic carbocycles. The Morgan fingerprint density at radius 2 is 2.10 bits per heavy atom. The van der Waals surface area contributed by atoms with E-state index >= 15 is 0 Å². The van der Waals surface area contributed by atoms with Crippen molar-refractivity contribution < 1.29 is 30.0 Å². The van der Waals surface area contributed by atoms with Gasteiger partial charge in [0.1, 0.15) is 18.4 Å². The van der Waals surface area contributed by atoms with E-state index in [9.17, 15) is 9.59 Å². The number of aliphatic carboxylic acids is 1. The van der Waals surface area contributed by atoms with E-state index in [2.05, 4.69) is 9.97 Å². The Kier molecular flexibility index (Phi) is 9.13. The number of imidazole rings is 1. The van der Waals surface area contributed by atoms with Crippen molar-refractivity contribution >= 4 is 12.3 Å². The summed E-state index contributed by atoms with van der Waals surface area (Å²) in [5, 5.41) is 33.9. The molecule has 0 saturated carbocycles. The van der Waals surface area contributed by atoms with Crippen molar-refractivity contribution in [1.82, 2.24) is 9.97 Å². The summed E-state index contributed by atoms with van der Waals surface area (Å²) in [6.07, 6.45) is 1.36.